The van der Waals surface area contributed by atoms with Crippen LogP contribution in [-0.2, 0) is 14.3 Å². The SMILES string of the molecule is CCOc1ccccc1C(=O)NCC(=O)OC(C)C(=O)Nc1ccc(F)cc1F. The second kappa shape index (κ2) is 10.2. The third-order valence-corrected chi connectivity index (χ3v) is 3.69. The van der Waals surface area contributed by atoms with Crippen LogP contribution in [0.25, 0.3) is 0 Å². The van der Waals surface area contributed by atoms with Gasteiger partial charge in [-0.15, -0.1) is 0 Å². The zero-order chi connectivity index (χ0) is 21.4. The summed E-state index contributed by atoms with van der Waals surface area (Å²) < 4.78 is 36.7. The van der Waals surface area contributed by atoms with Gasteiger partial charge in [-0.25, -0.2) is 8.78 Å². The largest absolute Gasteiger partial charge is 0.493 e. The van der Waals surface area contributed by atoms with Crippen molar-refractivity contribution in [3.05, 3.63) is 59.7 Å². The summed E-state index contributed by atoms with van der Waals surface area (Å²) in [6.07, 6.45) is -1.26. The summed E-state index contributed by atoms with van der Waals surface area (Å²) in [5, 5.41) is 4.57. The smallest absolute Gasteiger partial charge is 0.326 e. The maximum atomic E-state index is 13.6. The van der Waals surface area contributed by atoms with Crippen LogP contribution in [0.5, 0.6) is 5.75 Å². The molecule has 9 heteroatoms. The highest BCUT2D eigenvalue weighted by molar-refractivity contribution is 5.99. The van der Waals surface area contributed by atoms with E-state index in [1.807, 2.05) is 0 Å². The minimum Gasteiger partial charge on any atom is -0.493 e. The Morgan fingerprint density at radius 1 is 1.10 bits per heavy atom. The second-order valence-electron chi connectivity index (χ2n) is 5.86. The number of amides is 2. The van der Waals surface area contributed by atoms with Gasteiger partial charge in [0.2, 0.25) is 0 Å². The molecule has 0 aliphatic rings. The van der Waals surface area contributed by atoms with Crippen LogP contribution in [0.1, 0.15) is 24.2 Å². The first-order valence-electron chi connectivity index (χ1n) is 8.77. The molecule has 1 unspecified atom stereocenters. The summed E-state index contributed by atoms with van der Waals surface area (Å²) in [4.78, 5) is 36.1. The quantitative estimate of drug-likeness (QED) is 0.658. The summed E-state index contributed by atoms with van der Waals surface area (Å²) >= 11 is 0. The zero-order valence-corrected chi connectivity index (χ0v) is 15.8. The molecule has 0 fully saturated rings. The topological polar surface area (TPSA) is 93.7 Å². The Labute approximate surface area is 166 Å². The molecule has 154 valence electrons. The van der Waals surface area contributed by atoms with Crippen molar-refractivity contribution in [3.8, 4) is 5.75 Å². The van der Waals surface area contributed by atoms with Crippen LogP contribution >= 0.6 is 0 Å². The molecule has 0 aromatic heterocycles. The number of carbonyl (C=O) groups excluding carboxylic acids is 3. The number of rotatable bonds is 8. The van der Waals surface area contributed by atoms with Gasteiger partial charge in [-0.3, -0.25) is 14.4 Å². The number of esters is 1. The highest BCUT2D eigenvalue weighted by atomic mass is 19.1. The molecule has 0 aliphatic carbocycles. The Morgan fingerprint density at radius 2 is 1.83 bits per heavy atom. The fourth-order valence-electron chi connectivity index (χ4n) is 2.30. The lowest BCUT2D eigenvalue weighted by Crippen LogP contribution is -2.36. The maximum Gasteiger partial charge on any atom is 0.326 e. The van der Waals surface area contributed by atoms with E-state index in [4.69, 9.17) is 9.47 Å². The van der Waals surface area contributed by atoms with Gasteiger partial charge in [0.05, 0.1) is 17.9 Å². The number of para-hydroxylation sites is 1. The Kier molecular flexibility index (Phi) is 7.64. The van der Waals surface area contributed by atoms with Crippen molar-refractivity contribution in [2.75, 3.05) is 18.5 Å². The van der Waals surface area contributed by atoms with Gasteiger partial charge in [0.1, 0.15) is 23.9 Å². The van der Waals surface area contributed by atoms with Crippen molar-refractivity contribution in [3.63, 3.8) is 0 Å². The summed E-state index contributed by atoms with van der Waals surface area (Å²) in [5.41, 5.74) is -0.000130. The van der Waals surface area contributed by atoms with Crippen molar-refractivity contribution < 1.29 is 32.6 Å². The molecule has 0 saturated heterocycles. The van der Waals surface area contributed by atoms with Crippen LogP contribution in [0.15, 0.2) is 42.5 Å². The molecule has 0 heterocycles. The highest BCUT2D eigenvalue weighted by Crippen LogP contribution is 2.18. The van der Waals surface area contributed by atoms with Gasteiger partial charge in [-0.2, -0.15) is 0 Å². The van der Waals surface area contributed by atoms with E-state index < -0.39 is 42.1 Å². The number of anilines is 1. The average Bonchev–Trinajstić information content (AvgIpc) is 2.68. The van der Waals surface area contributed by atoms with Gasteiger partial charge in [0, 0.05) is 6.07 Å². The van der Waals surface area contributed by atoms with Gasteiger partial charge in [0.25, 0.3) is 11.8 Å². The average molecular weight is 406 g/mol. The molecule has 29 heavy (non-hydrogen) atoms. The normalized spacial score (nSPS) is 11.3. The van der Waals surface area contributed by atoms with Gasteiger partial charge in [-0.05, 0) is 38.1 Å². The Balaban J connectivity index is 1.86. The lowest BCUT2D eigenvalue weighted by molar-refractivity contribution is -0.152. The van der Waals surface area contributed by atoms with E-state index in [-0.39, 0.29) is 11.3 Å². The molecule has 0 aliphatic heterocycles. The fourth-order valence-corrected chi connectivity index (χ4v) is 2.30. The van der Waals surface area contributed by atoms with Crippen LogP contribution in [0.4, 0.5) is 14.5 Å². The molecular formula is C20H20F2N2O5. The summed E-state index contributed by atoms with van der Waals surface area (Å²) in [5.74, 6) is -3.60. The minimum absolute atomic E-state index is 0.250. The predicted octanol–water partition coefficient (Wildman–Crippen LogP) is 2.66. The van der Waals surface area contributed by atoms with Gasteiger partial charge < -0.3 is 20.1 Å². The van der Waals surface area contributed by atoms with Gasteiger partial charge in [-0.1, -0.05) is 12.1 Å². The molecule has 1 atom stereocenters. The van der Waals surface area contributed by atoms with Gasteiger partial charge >= 0.3 is 5.97 Å². The maximum absolute atomic E-state index is 13.6. The number of carbonyl (C=O) groups is 3. The number of hydrogen-bond donors (Lipinski definition) is 2. The van der Waals surface area contributed by atoms with E-state index in [1.54, 1.807) is 31.2 Å². The molecule has 2 amide bonds. The third kappa shape index (κ3) is 6.27. The predicted molar refractivity (Wildman–Crippen MR) is 100 cm³/mol. The number of nitrogens with one attached hydrogen (secondary N) is 2. The highest BCUT2D eigenvalue weighted by Gasteiger charge is 2.20. The van der Waals surface area contributed by atoms with Crippen molar-refractivity contribution in [2.24, 2.45) is 0 Å². The van der Waals surface area contributed by atoms with Crippen molar-refractivity contribution in [1.82, 2.24) is 5.32 Å². The van der Waals surface area contributed by atoms with Crippen LogP contribution in [-0.4, -0.2) is 37.0 Å². The Hall–Kier alpha value is -3.49. The minimum atomic E-state index is -1.26. The molecule has 2 aromatic carbocycles. The number of hydrogen-bond acceptors (Lipinski definition) is 5. The number of halogens is 2. The summed E-state index contributed by atoms with van der Waals surface area (Å²) in [7, 11) is 0. The van der Waals surface area contributed by atoms with E-state index >= 15 is 0 Å². The first-order chi connectivity index (χ1) is 13.8. The Bertz CT molecular complexity index is 904. The molecule has 0 saturated carbocycles. The second-order valence-corrected chi connectivity index (χ2v) is 5.86. The van der Waals surface area contributed by atoms with E-state index in [1.165, 1.54) is 6.92 Å². The third-order valence-electron chi connectivity index (χ3n) is 3.69. The molecule has 0 spiro atoms. The summed E-state index contributed by atoms with van der Waals surface area (Å²) in [6, 6.07) is 9.16. The van der Waals surface area contributed by atoms with Crippen LogP contribution in [0, 0.1) is 11.6 Å². The van der Waals surface area contributed by atoms with Crippen molar-refractivity contribution in [2.45, 2.75) is 20.0 Å². The molecule has 2 rings (SSSR count). The van der Waals surface area contributed by atoms with E-state index in [9.17, 15) is 23.2 Å². The summed E-state index contributed by atoms with van der Waals surface area (Å²) in [6.45, 7) is 2.94. The number of benzene rings is 2. The van der Waals surface area contributed by atoms with E-state index in [2.05, 4.69) is 10.6 Å². The molecule has 0 radical (unpaired) electrons. The van der Waals surface area contributed by atoms with Crippen molar-refractivity contribution in [1.29, 1.82) is 0 Å². The van der Waals surface area contributed by atoms with E-state index in [0.29, 0.717) is 18.4 Å². The molecule has 2 aromatic rings. The van der Waals surface area contributed by atoms with Gasteiger partial charge in [0.15, 0.2) is 6.10 Å². The molecule has 2 N–H and O–H groups in total. The standard InChI is InChI=1S/C20H20F2N2O5/c1-3-28-17-7-5-4-6-14(17)20(27)23-11-18(25)29-12(2)19(26)24-16-9-8-13(21)10-15(16)22/h4-10,12H,3,11H2,1-2H3,(H,23,27)(H,24,26). The fraction of sp³-hybridized carbons (Fsp3) is 0.250. The number of ether oxygens (including phenoxy) is 2. The molecular weight excluding hydrogens is 386 g/mol. The first-order valence-corrected chi connectivity index (χ1v) is 8.77. The van der Waals surface area contributed by atoms with Crippen LogP contribution < -0.4 is 15.4 Å². The van der Waals surface area contributed by atoms with Crippen molar-refractivity contribution >= 4 is 23.5 Å². The lowest BCUT2D eigenvalue weighted by atomic mass is 10.2. The molecule has 0 bridgehead atoms. The van der Waals surface area contributed by atoms with Crippen LogP contribution in [0.2, 0.25) is 0 Å². The van der Waals surface area contributed by atoms with Crippen LogP contribution in [0.3, 0.4) is 0 Å². The molecule has 7 nitrogen and oxygen atoms in total. The zero-order valence-electron chi connectivity index (χ0n) is 15.8. The van der Waals surface area contributed by atoms with E-state index in [0.717, 1.165) is 12.1 Å². The monoisotopic (exact) mass is 406 g/mol. The first kappa shape index (κ1) is 21.8. The Morgan fingerprint density at radius 3 is 2.52 bits per heavy atom. The lowest BCUT2D eigenvalue weighted by Gasteiger charge is -2.14.